The summed E-state index contributed by atoms with van der Waals surface area (Å²) in [6.45, 7) is 6.15. The van der Waals surface area contributed by atoms with E-state index in [1.807, 2.05) is 23.6 Å². The fraction of sp³-hybridized carbons (Fsp3) is 0.176. The Hall–Kier alpha value is -2.34. The predicted molar refractivity (Wildman–Crippen MR) is 105 cm³/mol. The highest BCUT2D eigenvalue weighted by Crippen LogP contribution is 2.31. The number of benzene rings is 1. The van der Waals surface area contributed by atoms with Crippen LogP contribution in [0, 0.1) is 18.3 Å². The van der Waals surface area contributed by atoms with Crippen molar-refractivity contribution in [2.24, 2.45) is 0 Å². The van der Waals surface area contributed by atoms with E-state index in [0.717, 1.165) is 10.5 Å². The van der Waals surface area contributed by atoms with Crippen molar-refractivity contribution in [1.29, 1.82) is 5.26 Å². The predicted octanol–water partition coefficient (Wildman–Crippen LogP) is 4.62. The number of nitrogens with zero attached hydrogens (tertiary/aromatic N) is 5. The number of thiazole rings is 1. The van der Waals surface area contributed by atoms with Crippen molar-refractivity contribution in [1.82, 2.24) is 19.7 Å². The highest BCUT2D eigenvalue weighted by atomic mass is 35.5. The third-order valence-corrected chi connectivity index (χ3v) is 5.78. The topological polar surface area (TPSA) is 87.6 Å². The maximum Gasteiger partial charge on any atom is 0.191 e. The largest absolute Gasteiger partial charge is 0.510 e. The first-order valence-electron chi connectivity index (χ1n) is 7.55. The minimum atomic E-state index is -0.0477. The summed E-state index contributed by atoms with van der Waals surface area (Å²) in [5.41, 5.74) is 0.855. The molecule has 0 fully saturated rings. The monoisotopic (exact) mass is 403 g/mol. The third-order valence-electron chi connectivity index (χ3n) is 3.52. The Morgan fingerprint density at radius 2 is 2.31 bits per heavy atom. The van der Waals surface area contributed by atoms with Gasteiger partial charge in [0.2, 0.25) is 0 Å². The molecular formula is C17H14ClN5OS2. The average molecular weight is 404 g/mol. The summed E-state index contributed by atoms with van der Waals surface area (Å²) < 4.78 is 2.79. The number of aryl methyl sites for hydroxylation is 1. The van der Waals surface area contributed by atoms with E-state index in [1.54, 1.807) is 18.2 Å². The molecule has 0 aliphatic carbocycles. The van der Waals surface area contributed by atoms with E-state index in [4.69, 9.17) is 11.6 Å². The summed E-state index contributed by atoms with van der Waals surface area (Å²) in [4.78, 5) is 4.41. The molecule has 2 heterocycles. The molecular weight excluding hydrogens is 390 g/mol. The molecule has 0 unspecified atom stereocenters. The average Bonchev–Trinajstić information content (AvgIpc) is 3.18. The molecule has 0 bridgehead atoms. The molecule has 0 atom stereocenters. The van der Waals surface area contributed by atoms with E-state index in [2.05, 4.69) is 21.8 Å². The standard InChI is InChI=1S/C17H14ClN5OS2/c1-3-6-23-10(2)21-22-17(23)25-9-14(24)12(8-19)16-20-13-7-11(18)4-5-15(13)26-16/h3-5,7,24H,1,6,9H2,2H3. The van der Waals surface area contributed by atoms with Crippen molar-refractivity contribution in [3.63, 3.8) is 0 Å². The quantitative estimate of drug-likeness (QED) is 0.279. The van der Waals surface area contributed by atoms with Gasteiger partial charge in [-0.2, -0.15) is 5.26 Å². The number of halogens is 1. The number of rotatable bonds is 6. The van der Waals surface area contributed by atoms with Crippen molar-refractivity contribution in [2.75, 3.05) is 5.75 Å². The number of hydrogen-bond acceptors (Lipinski definition) is 7. The van der Waals surface area contributed by atoms with E-state index < -0.39 is 0 Å². The van der Waals surface area contributed by atoms with Gasteiger partial charge in [0.25, 0.3) is 0 Å². The molecule has 2 aromatic heterocycles. The minimum Gasteiger partial charge on any atom is -0.510 e. The van der Waals surface area contributed by atoms with Crippen LogP contribution in [0.15, 0.2) is 41.8 Å². The van der Waals surface area contributed by atoms with Crippen LogP contribution >= 0.6 is 34.7 Å². The lowest BCUT2D eigenvalue weighted by atomic mass is 10.2. The molecule has 0 aliphatic heterocycles. The number of hydrogen-bond donors (Lipinski definition) is 1. The number of thioether (sulfide) groups is 1. The fourth-order valence-electron chi connectivity index (χ4n) is 2.26. The van der Waals surface area contributed by atoms with Gasteiger partial charge < -0.3 is 9.67 Å². The van der Waals surface area contributed by atoms with Crippen LogP contribution in [-0.4, -0.2) is 30.6 Å². The van der Waals surface area contributed by atoms with Crippen molar-refractivity contribution in [2.45, 2.75) is 18.6 Å². The lowest BCUT2D eigenvalue weighted by Gasteiger charge is -2.05. The van der Waals surface area contributed by atoms with Gasteiger partial charge in [-0.1, -0.05) is 29.4 Å². The number of aliphatic hydroxyl groups is 1. The van der Waals surface area contributed by atoms with Crippen molar-refractivity contribution in [3.8, 4) is 6.07 Å². The van der Waals surface area contributed by atoms with E-state index in [1.165, 1.54) is 23.1 Å². The lowest BCUT2D eigenvalue weighted by Crippen LogP contribution is -2.01. The summed E-state index contributed by atoms with van der Waals surface area (Å²) in [5.74, 6) is 0.905. The fourth-order valence-corrected chi connectivity index (χ4v) is 4.26. The minimum absolute atomic E-state index is 0.0477. The Balaban J connectivity index is 1.86. The van der Waals surface area contributed by atoms with Gasteiger partial charge in [-0.3, -0.25) is 0 Å². The second-order valence-electron chi connectivity index (χ2n) is 5.28. The molecule has 0 amide bonds. The zero-order valence-electron chi connectivity index (χ0n) is 13.8. The maximum atomic E-state index is 10.4. The second-order valence-corrected chi connectivity index (χ2v) is 7.69. The molecule has 0 radical (unpaired) electrons. The van der Waals surface area contributed by atoms with Crippen LogP contribution < -0.4 is 0 Å². The smallest absolute Gasteiger partial charge is 0.191 e. The van der Waals surface area contributed by atoms with E-state index in [-0.39, 0.29) is 17.1 Å². The molecule has 9 heteroatoms. The SMILES string of the molecule is C=CCn1c(C)nnc1SCC(O)=C(C#N)c1nc2cc(Cl)ccc2s1. The summed E-state index contributed by atoms with van der Waals surface area (Å²) in [6.07, 6.45) is 1.75. The van der Waals surface area contributed by atoms with Crippen molar-refractivity contribution >= 4 is 50.5 Å². The number of aliphatic hydroxyl groups excluding tert-OH is 1. The van der Waals surface area contributed by atoms with Gasteiger partial charge in [0.1, 0.15) is 28.2 Å². The van der Waals surface area contributed by atoms with E-state index >= 15 is 0 Å². The Morgan fingerprint density at radius 3 is 3.04 bits per heavy atom. The van der Waals surface area contributed by atoms with Crippen molar-refractivity contribution in [3.05, 3.63) is 52.5 Å². The van der Waals surface area contributed by atoms with Crippen LogP contribution in [0.1, 0.15) is 10.8 Å². The van der Waals surface area contributed by atoms with Gasteiger partial charge >= 0.3 is 0 Å². The Labute approximate surface area is 163 Å². The van der Waals surface area contributed by atoms with Gasteiger partial charge in [0.15, 0.2) is 5.16 Å². The van der Waals surface area contributed by atoms with Gasteiger partial charge in [-0.05, 0) is 25.1 Å². The van der Waals surface area contributed by atoms with Gasteiger partial charge in [-0.15, -0.1) is 28.1 Å². The molecule has 0 spiro atoms. The molecule has 26 heavy (non-hydrogen) atoms. The number of nitriles is 1. The third kappa shape index (κ3) is 3.75. The van der Waals surface area contributed by atoms with Gasteiger partial charge in [0.05, 0.1) is 16.0 Å². The van der Waals surface area contributed by atoms with E-state index in [9.17, 15) is 10.4 Å². The van der Waals surface area contributed by atoms with Crippen LogP contribution in [-0.2, 0) is 6.54 Å². The summed E-state index contributed by atoms with van der Waals surface area (Å²) in [5, 5.41) is 29.7. The molecule has 3 aromatic rings. The molecule has 3 rings (SSSR count). The van der Waals surface area contributed by atoms with Crippen LogP contribution in [0.25, 0.3) is 15.8 Å². The molecule has 0 aliphatic rings. The molecule has 1 aromatic carbocycles. The Kier molecular flexibility index (Phi) is 5.61. The highest BCUT2D eigenvalue weighted by Gasteiger charge is 2.16. The Morgan fingerprint density at radius 1 is 1.50 bits per heavy atom. The normalized spacial score (nSPS) is 12.0. The first-order chi connectivity index (χ1) is 12.5. The van der Waals surface area contributed by atoms with Crippen LogP contribution in [0.5, 0.6) is 0 Å². The van der Waals surface area contributed by atoms with Crippen LogP contribution in [0.4, 0.5) is 0 Å². The van der Waals surface area contributed by atoms with E-state index in [0.29, 0.717) is 27.2 Å². The Bertz CT molecular complexity index is 1050. The zero-order valence-corrected chi connectivity index (χ0v) is 16.2. The first kappa shape index (κ1) is 18.5. The van der Waals surface area contributed by atoms with Crippen molar-refractivity contribution < 1.29 is 5.11 Å². The molecule has 0 saturated heterocycles. The first-order valence-corrected chi connectivity index (χ1v) is 9.73. The van der Waals surface area contributed by atoms with Crippen LogP contribution in [0.3, 0.4) is 0 Å². The highest BCUT2D eigenvalue weighted by molar-refractivity contribution is 7.99. The number of fused-ring (bicyclic) bond motifs is 1. The summed E-state index contributed by atoms with van der Waals surface area (Å²) in [7, 11) is 0. The van der Waals surface area contributed by atoms with Crippen LogP contribution in [0.2, 0.25) is 5.02 Å². The molecule has 6 nitrogen and oxygen atoms in total. The zero-order chi connectivity index (χ0) is 18.7. The molecule has 0 saturated carbocycles. The number of aromatic nitrogens is 4. The van der Waals surface area contributed by atoms with Gasteiger partial charge in [0, 0.05) is 11.6 Å². The summed E-state index contributed by atoms with van der Waals surface area (Å²) in [6, 6.07) is 7.40. The lowest BCUT2D eigenvalue weighted by molar-refractivity contribution is 0.420. The maximum absolute atomic E-state index is 10.4. The number of allylic oxidation sites excluding steroid dienone is 2. The second kappa shape index (κ2) is 7.91. The van der Waals surface area contributed by atoms with Gasteiger partial charge in [-0.25, -0.2) is 4.98 Å². The summed E-state index contributed by atoms with van der Waals surface area (Å²) >= 11 is 8.62. The molecule has 1 N–H and O–H groups in total. The molecule has 132 valence electrons.